The Morgan fingerprint density at radius 3 is 2.48 bits per heavy atom. The first-order valence-corrected chi connectivity index (χ1v) is 9.91. The number of carbonyl (C=O) groups excluding carboxylic acids is 2. The Morgan fingerprint density at radius 1 is 1.03 bits per heavy atom. The van der Waals surface area contributed by atoms with Crippen molar-refractivity contribution >= 4 is 23.3 Å². The molecule has 0 bridgehead atoms. The van der Waals surface area contributed by atoms with Gasteiger partial charge in [0, 0.05) is 30.0 Å². The van der Waals surface area contributed by atoms with Crippen LogP contribution in [0.25, 0.3) is 0 Å². The average Bonchev–Trinajstić information content (AvgIpc) is 3.22. The zero-order valence-corrected chi connectivity index (χ0v) is 17.0. The molecule has 6 nitrogen and oxygen atoms in total. The van der Waals surface area contributed by atoms with Gasteiger partial charge < -0.3 is 15.4 Å². The maximum absolute atomic E-state index is 13.0. The van der Waals surface area contributed by atoms with Gasteiger partial charge in [0.1, 0.15) is 11.6 Å². The lowest BCUT2D eigenvalue weighted by molar-refractivity contribution is 0.0951. The fourth-order valence-corrected chi connectivity index (χ4v) is 3.48. The second kappa shape index (κ2) is 8.87. The number of amides is 3. The van der Waals surface area contributed by atoms with Crippen molar-refractivity contribution in [2.45, 2.75) is 13.0 Å². The van der Waals surface area contributed by atoms with Gasteiger partial charge in [0.2, 0.25) is 0 Å². The summed E-state index contributed by atoms with van der Waals surface area (Å²) >= 11 is 0. The Labute approximate surface area is 179 Å². The molecule has 1 heterocycles. The van der Waals surface area contributed by atoms with Crippen molar-refractivity contribution in [1.82, 2.24) is 5.32 Å². The summed E-state index contributed by atoms with van der Waals surface area (Å²) in [4.78, 5) is 27.0. The molecule has 0 saturated heterocycles. The van der Waals surface area contributed by atoms with Crippen molar-refractivity contribution in [3.8, 4) is 5.75 Å². The number of methoxy groups -OCH3 is 1. The average molecular weight is 419 g/mol. The fourth-order valence-electron chi connectivity index (χ4n) is 3.48. The number of carbonyl (C=O) groups is 2. The Balaban J connectivity index is 1.44. The van der Waals surface area contributed by atoms with Gasteiger partial charge in [-0.1, -0.05) is 18.2 Å². The predicted octanol–water partition coefficient (Wildman–Crippen LogP) is 4.36. The quantitative estimate of drug-likeness (QED) is 0.646. The van der Waals surface area contributed by atoms with Crippen molar-refractivity contribution in [2.24, 2.45) is 0 Å². The van der Waals surface area contributed by atoms with Crippen LogP contribution in [0.5, 0.6) is 5.75 Å². The Bertz CT molecular complexity index is 1100. The van der Waals surface area contributed by atoms with E-state index in [2.05, 4.69) is 10.6 Å². The molecule has 0 aromatic heterocycles. The van der Waals surface area contributed by atoms with Gasteiger partial charge in [0.25, 0.3) is 5.91 Å². The molecule has 0 radical (unpaired) electrons. The van der Waals surface area contributed by atoms with Crippen LogP contribution in [0.1, 0.15) is 21.5 Å². The number of benzene rings is 3. The molecule has 3 aromatic rings. The minimum atomic E-state index is -0.318. The highest BCUT2D eigenvalue weighted by molar-refractivity contribution is 6.04. The van der Waals surface area contributed by atoms with Gasteiger partial charge in [-0.25, -0.2) is 9.18 Å². The molecule has 0 atom stereocenters. The Hall–Kier alpha value is -3.87. The highest BCUT2D eigenvalue weighted by Gasteiger charge is 2.26. The van der Waals surface area contributed by atoms with Crippen molar-refractivity contribution < 1.29 is 18.7 Å². The summed E-state index contributed by atoms with van der Waals surface area (Å²) < 4.78 is 18.2. The molecule has 1 aliphatic heterocycles. The van der Waals surface area contributed by atoms with Crippen LogP contribution < -0.4 is 20.3 Å². The fraction of sp³-hybridized carbons (Fsp3) is 0.167. The third-order valence-electron chi connectivity index (χ3n) is 5.20. The third kappa shape index (κ3) is 4.66. The number of hydrogen-bond donors (Lipinski definition) is 2. The number of fused-ring (bicyclic) bond motifs is 1. The SMILES string of the molecule is COc1ccc(NC(=O)N2CCc3ccc(C(=O)NCc4ccc(F)cc4)cc32)cc1. The van der Waals surface area contributed by atoms with Gasteiger partial charge in [0.15, 0.2) is 0 Å². The molecule has 0 fully saturated rings. The van der Waals surface area contributed by atoms with Gasteiger partial charge in [-0.15, -0.1) is 0 Å². The maximum Gasteiger partial charge on any atom is 0.326 e. The molecule has 3 aromatic carbocycles. The lowest BCUT2D eigenvalue weighted by atomic mass is 10.1. The zero-order chi connectivity index (χ0) is 21.8. The summed E-state index contributed by atoms with van der Waals surface area (Å²) in [6, 6.07) is 18.2. The van der Waals surface area contributed by atoms with Crippen LogP contribution in [0.4, 0.5) is 20.6 Å². The lowest BCUT2D eigenvalue weighted by Crippen LogP contribution is -2.33. The van der Waals surface area contributed by atoms with E-state index < -0.39 is 0 Å². The number of rotatable bonds is 5. The first kappa shape index (κ1) is 20.4. The van der Waals surface area contributed by atoms with Crippen molar-refractivity contribution in [1.29, 1.82) is 0 Å². The summed E-state index contributed by atoms with van der Waals surface area (Å²) in [5, 5.41) is 5.70. The highest BCUT2D eigenvalue weighted by Crippen LogP contribution is 2.30. The normalized spacial score (nSPS) is 12.3. The predicted molar refractivity (Wildman–Crippen MR) is 117 cm³/mol. The zero-order valence-electron chi connectivity index (χ0n) is 17.0. The van der Waals surface area contributed by atoms with E-state index >= 15 is 0 Å². The minimum Gasteiger partial charge on any atom is -0.497 e. The molecule has 0 aliphatic carbocycles. The second-order valence-electron chi connectivity index (χ2n) is 7.21. The van der Waals surface area contributed by atoms with Crippen LogP contribution >= 0.6 is 0 Å². The van der Waals surface area contributed by atoms with E-state index in [1.165, 1.54) is 12.1 Å². The molecule has 31 heavy (non-hydrogen) atoms. The van der Waals surface area contributed by atoms with E-state index in [-0.39, 0.29) is 24.3 Å². The summed E-state index contributed by atoms with van der Waals surface area (Å²) in [5.41, 5.74) is 3.66. The van der Waals surface area contributed by atoms with E-state index in [9.17, 15) is 14.0 Å². The van der Waals surface area contributed by atoms with Gasteiger partial charge >= 0.3 is 6.03 Å². The molecule has 7 heteroatoms. The summed E-state index contributed by atoms with van der Waals surface area (Å²) in [6.07, 6.45) is 0.725. The molecule has 4 rings (SSSR count). The molecular formula is C24H22FN3O3. The molecule has 0 spiro atoms. The first-order chi connectivity index (χ1) is 15.0. The Morgan fingerprint density at radius 2 is 1.77 bits per heavy atom. The van der Waals surface area contributed by atoms with Gasteiger partial charge in [-0.2, -0.15) is 0 Å². The number of ether oxygens (including phenoxy) is 1. The summed E-state index contributed by atoms with van der Waals surface area (Å²) in [5.74, 6) is 0.136. The maximum atomic E-state index is 13.0. The number of halogens is 1. The number of hydrogen-bond acceptors (Lipinski definition) is 3. The van der Waals surface area contributed by atoms with Gasteiger partial charge in [-0.3, -0.25) is 9.69 Å². The molecule has 0 saturated carbocycles. The van der Waals surface area contributed by atoms with E-state index in [0.717, 1.165) is 23.2 Å². The van der Waals surface area contributed by atoms with Crippen LogP contribution in [0, 0.1) is 5.82 Å². The van der Waals surface area contributed by atoms with Crippen molar-refractivity contribution in [3.63, 3.8) is 0 Å². The number of nitrogens with one attached hydrogen (secondary N) is 2. The van der Waals surface area contributed by atoms with Gasteiger partial charge in [0.05, 0.1) is 7.11 Å². The van der Waals surface area contributed by atoms with E-state index in [1.54, 1.807) is 60.5 Å². The van der Waals surface area contributed by atoms with Crippen LogP contribution in [-0.4, -0.2) is 25.6 Å². The largest absolute Gasteiger partial charge is 0.497 e. The van der Waals surface area contributed by atoms with Crippen LogP contribution in [-0.2, 0) is 13.0 Å². The Kier molecular flexibility index (Phi) is 5.84. The van der Waals surface area contributed by atoms with Gasteiger partial charge in [-0.05, 0) is 66.1 Å². The van der Waals surface area contributed by atoms with Crippen LogP contribution in [0.3, 0.4) is 0 Å². The first-order valence-electron chi connectivity index (χ1n) is 9.91. The molecule has 0 unspecified atom stereocenters. The van der Waals surface area contributed by atoms with Crippen LogP contribution in [0.2, 0.25) is 0 Å². The van der Waals surface area contributed by atoms with E-state index in [0.29, 0.717) is 23.5 Å². The number of urea groups is 1. The lowest BCUT2D eigenvalue weighted by Gasteiger charge is -2.19. The smallest absolute Gasteiger partial charge is 0.326 e. The molecule has 3 amide bonds. The van der Waals surface area contributed by atoms with Crippen LogP contribution in [0.15, 0.2) is 66.7 Å². The minimum absolute atomic E-state index is 0.255. The number of anilines is 2. The summed E-state index contributed by atoms with van der Waals surface area (Å²) in [7, 11) is 1.59. The van der Waals surface area contributed by atoms with E-state index in [1.807, 2.05) is 6.07 Å². The van der Waals surface area contributed by atoms with E-state index in [4.69, 9.17) is 4.74 Å². The molecule has 158 valence electrons. The molecular weight excluding hydrogens is 397 g/mol. The van der Waals surface area contributed by atoms with Crippen molar-refractivity contribution in [2.75, 3.05) is 23.9 Å². The van der Waals surface area contributed by atoms with Crippen molar-refractivity contribution in [3.05, 3.63) is 89.2 Å². The summed E-state index contributed by atoms with van der Waals surface area (Å²) in [6.45, 7) is 0.829. The molecule has 2 N–H and O–H groups in total. The standard InChI is InChI=1S/C24H22FN3O3/c1-31-21-10-8-20(9-11-21)27-24(30)28-13-12-17-4-5-18(14-22(17)28)23(29)26-15-16-2-6-19(25)7-3-16/h2-11,14H,12-13,15H2,1H3,(H,26,29)(H,27,30). The monoisotopic (exact) mass is 419 g/mol. The molecule has 1 aliphatic rings. The highest BCUT2D eigenvalue weighted by atomic mass is 19.1. The second-order valence-corrected chi connectivity index (χ2v) is 7.21. The number of nitrogens with zero attached hydrogens (tertiary/aromatic N) is 1. The third-order valence-corrected chi connectivity index (χ3v) is 5.20. The topological polar surface area (TPSA) is 70.7 Å².